The SMILES string of the molecule is COCOc1c(C=O)ccnc1-c1cccnc1.COCc1cccnc1-c1cccnc1.Nc1oc2c(-c3cccnc3)nccc2c1Nc1ccc(F)c(Cl)c1.O=C(c1cccnc1)c1ccco1.O=Cc1ccnc(-c2cccnc2)c1O.Oc1c(C=Nc2ccc(F)c(Cl)c2)ccnc1-c1cccnc1.Oc1cccnc1-c1cccnc1.c1ccoc1. The van der Waals surface area contributed by atoms with E-state index in [4.69, 9.17) is 52.0 Å². The Balaban J connectivity index is 0.000000144. The summed E-state index contributed by atoms with van der Waals surface area (Å²) in [6.07, 6.45) is 40.5. The third-order valence-corrected chi connectivity index (χ3v) is 17.8. The van der Waals surface area contributed by atoms with Crippen LogP contribution >= 0.6 is 23.2 Å². The second-order valence-corrected chi connectivity index (χ2v) is 26.5. The number of hydrogen-bond donors (Lipinski definition) is 5. The summed E-state index contributed by atoms with van der Waals surface area (Å²) < 4.78 is 57.1. The number of rotatable bonds is 19. The zero-order chi connectivity index (χ0) is 89.3. The molecule has 18 rings (SSSR count). The van der Waals surface area contributed by atoms with Crippen LogP contribution in [0.3, 0.4) is 0 Å². The van der Waals surface area contributed by atoms with Gasteiger partial charge in [-0.2, -0.15) is 0 Å². The average molecular weight is 1740 g/mol. The van der Waals surface area contributed by atoms with Gasteiger partial charge in [-0.05, 0) is 188 Å². The molecule has 0 aliphatic rings. The number of nitrogens with one attached hydrogen (secondary N) is 1. The number of nitrogen functional groups attached to an aromatic ring is 1. The molecule has 0 atom stereocenters. The van der Waals surface area contributed by atoms with Crippen LogP contribution in [0.2, 0.25) is 10.0 Å². The molecule has 16 heterocycles. The first-order chi connectivity index (χ1) is 62.1. The van der Waals surface area contributed by atoms with Crippen molar-refractivity contribution >= 4 is 81.7 Å². The van der Waals surface area contributed by atoms with E-state index in [1.165, 1.54) is 68.4 Å². The fourth-order valence-corrected chi connectivity index (χ4v) is 11.6. The second-order valence-electron chi connectivity index (χ2n) is 25.7. The number of carbonyl (C=O) groups excluding carboxylic acids is 3. The quantitative estimate of drug-likeness (QED) is 0.0217. The van der Waals surface area contributed by atoms with Crippen molar-refractivity contribution in [2.45, 2.75) is 6.61 Å². The molecule has 2 aromatic carbocycles. The number of anilines is 3. The van der Waals surface area contributed by atoms with E-state index in [0.29, 0.717) is 103 Å². The molecular formula is C95H74Cl2F2N16O12. The van der Waals surface area contributed by atoms with Crippen molar-refractivity contribution in [1.29, 1.82) is 0 Å². The predicted molar refractivity (Wildman–Crippen MR) is 476 cm³/mol. The number of nitrogens with zero attached hydrogens (tertiary/aromatic N) is 14. The van der Waals surface area contributed by atoms with E-state index in [2.05, 4.69) is 79.5 Å². The van der Waals surface area contributed by atoms with Gasteiger partial charge in [0.15, 0.2) is 48.0 Å². The number of halogens is 4. The molecule has 0 aliphatic carbocycles. The molecule has 0 spiro atoms. The van der Waals surface area contributed by atoms with E-state index in [0.717, 1.165) is 45.2 Å². The van der Waals surface area contributed by atoms with Crippen molar-refractivity contribution in [3.8, 4) is 90.5 Å². The minimum absolute atomic E-state index is 0.00235. The summed E-state index contributed by atoms with van der Waals surface area (Å²) in [5, 5.41) is 33.4. The van der Waals surface area contributed by atoms with E-state index >= 15 is 0 Å². The van der Waals surface area contributed by atoms with E-state index < -0.39 is 11.6 Å². The lowest BCUT2D eigenvalue weighted by atomic mass is 10.1. The molecule has 634 valence electrons. The zero-order valence-corrected chi connectivity index (χ0v) is 68.8. The molecule has 0 bridgehead atoms. The van der Waals surface area contributed by atoms with Crippen molar-refractivity contribution < 1.29 is 65.9 Å². The Morgan fingerprint density at radius 1 is 0.472 bits per heavy atom. The van der Waals surface area contributed by atoms with Gasteiger partial charge in [0, 0.05) is 200 Å². The normalized spacial score (nSPS) is 10.3. The number of furan rings is 3. The van der Waals surface area contributed by atoms with E-state index in [1.54, 1.807) is 216 Å². The highest BCUT2D eigenvalue weighted by Gasteiger charge is 2.20. The maximum atomic E-state index is 13.3. The Morgan fingerprint density at radius 2 is 0.945 bits per heavy atom. The summed E-state index contributed by atoms with van der Waals surface area (Å²) in [6.45, 7) is 0.623. The largest absolute Gasteiger partial charge is 0.506 e. The van der Waals surface area contributed by atoms with E-state index in [9.17, 15) is 38.5 Å². The minimum Gasteiger partial charge on any atom is -0.506 e. The summed E-state index contributed by atoms with van der Waals surface area (Å²) >= 11 is 11.5. The van der Waals surface area contributed by atoms with Gasteiger partial charge in [-0.3, -0.25) is 84.2 Å². The maximum absolute atomic E-state index is 13.3. The number of carbonyl (C=O) groups is 3. The third-order valence-electron chi connectivity index (χ3n) is 17.2. The number of ether oxygens (including phenoxy) is 3. The number of methoxy groups -OCH3 is 2. The molecule has 0 amide bonds. The Labute approximate surface area is 734 Å². The van der Waals surface area contributed by atoms with Crippen molar-refractivity contribution in [1.82, 2.24) is 64.8 Å². The van der Waals surface area contributed by atoms with Crippen LogP contribution in [0, 0.1) is 11.6 Å². The first-order valence-electron chi connectivity index (χ1n) is 37.8. The number of aromatic hydroxyl groups is 3. The molecule has 127 heavy (non-hydrogen) atoms. The number of aldehydes is 2. The number of aliphatic imine (C=N–C) groups is 1. The van der Waals surface area contributed by atoms with Crippen molar-refractivity contribution in [2.75, 3.05) is 32.1 Å². The monoisotopic (exact) mass is 1740 g/mol. The number of benzene rings is 2. The van der Waals surface area contributed by atoms with Crippen molar-refractivity contribution in [3.63, 3.8) is 0 Å². The first-order valence-corrected chi connectivity index (χ1v) is 38.6. The van der Waals surface area contributed by atoms with Crippen LogP contribution < -0.4 is 15.8 Å². The van der Waals surface area contributed by atoms with Gasteiger partial charge in [-0.15, -0.1) is 0 Å². The van der Waals surface area contributed by atoms with Crippen LogP contribution in [0.5, 0.6) is 23.0 Å². The summed E-state index contributed by atoms with van der Waals surface area (Å²) in [5.41, 5.74) is 19.3. The molecule has 0 unspecified atom stereocenters. The molecule has 0 fully saturated rings. The van der Waals surface area contributed by atoms with Gasteiger partial charge in [0.1, 0.15) is 51.5 Å². The molecule has 16 aromatic heterocycles. The minimum atomic E-state index is -0.503. The molecule has 0 saturated heterocycles. The molecule has 0 radical (unpaired) electrons. The lowest BCUT2D eigenvalue weighted by molar-refractivity contribution is 0.0507. The molecule has 6 N–H and O–H groups in total. The Hall–Kier alpha value is -16.7. The molecule has 0 saturated carbocycles. The third kappa shape index (κ3) is 26.2. The van der Waals surface area contributed by atoms with E-state index in [-0.39, 0.29) is 51.3 Å². The molecular weight excluding hydrogens is 1670 g/mol. The lowest BCUT2D eigenvalue weighted by Crippen LogP contribution is -2.04. The van der Waals surface area contributed by atoms with Gasteiger partial charge >= 0.3 is 0 Å². The van der Waals surface area contributed by atoms with E-state index in [1.807, 2.05) is 72.9 Å². The Kier molecular flexibility index (Phi) is 34.5. The smallest absolute Gasteiger partial charge is 0.229 e. The zero-order valence-electron chi connectivity index (χ0n) is 67.3. The Bertz CT molecular complexity index is 6490. The fraction of sp³-hybridized carbons (Fsp3) is 0.0421. The van der Waals surface area contributed by atoms with Crippen molar-refractivity contribution in [2.24, 2.45) is 4.99 Å². The molecule has 18 aromatic rings. The maximum Gasteiger partial charge on any atom is 0.229 e. The van der Waals surface area contributed by atoms with Gasteiger partial charge in [-0.25, -0.2) is 8.78 Å². The summed E-state index contributed by atoms with van der Waals surface area (Å²) in [4.78, 5) is 90.5. The number of hydrogen-bond acceptors (Lipinski definition) is 28. The number of nitrogens with two attached hydrogens (primary N) is 1. The standard InChI is InChI=1S/C18H12ClFN4O.C17H11ClFN3O.C13H12N2O3.C12H12N2O.C11H8N2O2.C10H8N2O.C10H7NO2.C4H4O/c19-13-8-11(3-4-14(13)20)24-16-12-5-7-23-15(17(12)25-18(16)21)10-2-1-6-22-9-10;18-14-8-13(3-4-15(14)19)22-10-12-5-7-21-16(17(12)23)11-2-1-6-20-9-11;1-17-9-18-13-11(8-16)4-6-15-12(13)10-3-2-5-14-7-10;1-15-9-11-5-3-7-14-12(11)10-4-2-6-13-8-10;14-7-9-3-5-13-10(11(9)15)8-2-1-4-12-6-8;13-9-4-2-6-12-10(9)8-3-1-5-11-7-8;12-10(9-4-2-6-13-9)8-3-1-5-11-7-8;1-2-4-5-3-1/h1-9,24H,21H2;1-10,23H;2-8H,9H2,1H3;2-8H,9H2,1H3;1-7,15H;1-7,13H;1-7H;1-4H. The molecule has 32 heteroatoms. The number of fused-ring (bicyclic) bond motifs is 1. The topological polar surface area (TPSA) is 397 Å². The van der Waals surface area contributed by atoms with Crippen LogP contribution in [0.15, 0.2) is 355 Å². The van der Waals surface area contributed by atoms with Gasteiger partial charge in [0.05, 0.1) is 63.3 Å². The highest BCUT2D eigenvalue weighted by molar-refractivity contribution is 6.31. The van der Waals surface area contributed by atoms with Gasteiger partial charge in [-0.1, -0.05) is 29.3 Å². The molecule has 0 aliphatic heterocycles. The average Bonchev–Trinajstić information content (AvgIpc) is 1.62. The molecule has 28 nitrogen and oxygen atoms in total. The first kappa shape index (κ1) is 91.1. The number of ketones is 1. The van der Waals surface area contributed by atoms with Gasteiger partial charge in [0.2, 0.25) is 11.7 Å². The highest BCUT2D eigenvalue weighted by atomic mass is 35.5. The van der Waals surface area contributed by atoms with Crippen LogP contribution in [0.1, 0.15) is 48.0 Å². The fourth-order valence-electron chi connectivity index (χ4n) is 11.3. The van der Waals surface area contributed by atoms with Gasteiger partial charge < -0.3 is 53.8 Å². The van der Waals surface area contributed by atoms with Crippen LogP contribution in [0.4, 0.5) is 31.7 Å². The number of aromatic nitrogens is 13. The second kappa shape index (κ2) is 48.1. The Morgan fingerprint density at radius 3 is 1.45 bits per heavy atom. The lowest BCUT2D eigenvalue weighted by Gasteiger charge is -2.11. The number of pyridine rings is 13. The van der Waals surface area contributed by atoms with Crippen molar-refractivity contribution in [3.05, 3.63) is 392 Å². The predicted octanol–water partition coefficient (Wildman–Crippen LogP) is 20.3. The van der Waals surface area contributed by atoms with Crippen LogP contribution in [-0.2, 0) is 16.1 Å². The summed E-state index contributed by atoms with van der Waals surface area (Å²) in [7, 11) is 3.20. The van der Waals surface area contributed by atoms with Crippen LogP contribution in [0.25, 0.3) is 78.5 Å². The summed E-state index contributed by atoms with van der Waals surface area (Å²) in [6, 6.07) is 54.6. The highest BCUT2D eigenvalue weighted by Crippen LogP contribution is 2.40. The van der Waals surface area contributed by atoms with Crippen LogP contribution in [-0.4, -0.2) is 126 Å². The van der Waals surface area contributed by atoms with Gasteiger partial charge in [0.25, 0.3) is 0 Å². The summed E-state index contributed by atoms with van der Waals surface area (Å²) in [5.74, 6) is -0.118.